The van der Waals surface area contributed by atoms with Crippen LogP contribution in [-0.4, -0.2) is 65.7 Å². The van der Waals surface area contributed by atoms with Gasteiger partial charge in [0.2, 0.25) is 5.91 Å². The molecule has 0 spiro atoms. The molecule has 3 aromatic rings. The largest absolute Gasteiger partial charge is 0.378 e. The number of benzene rings is 2. The van der Waals surface area contributed by atoms with Crippen molar-refractivity contribution in [1.82, 2.24) is 20.2 Å². The van der Waals surface area contributed by atoms with Crippen molar-refractivity contribution in [1.29, 1.82) is 0 Å². The first-order valence-electron chi connectivity index (χ1n) is 12.3. The van der Waals surface area contributed by atoms with E-state index in [1.54, 1.807) is 4.90 Å². The molecule has 2 N–H and O–H groups in total. The highest BCUT2D eigenvalue weighted by molar-refractivity contribution is 6.42. The topological polar surface area (TPSA) is 105 Å². The van der Waals surface area contributed by atoms with Gasteiger partial charge in [0.25, 0.3) is 11.8 Å². The number of fused-ring (bicyclic) bond motifs is 1. The Balaban J connectivity index is 1.45. The number of morpholine rings is 1. The first-order valence-corrected chi connectivity index (χ1v) is 13.0. The average Bonchev–Trinajstić information content (AvgIpc) is 3.26. The normalized spacial score (nSPS) is 14.7. The quantitative estimate of drug-likeness (QED) is 0.325. The Morgan fingerprint density at radius 1 is 1.08 bits per heavy atom. The Morgan fingerprint density at radius 3 is 2.53 bits per heavy atom. The lowest BCUT2D eigenvalue weighted by molar-refractivity contribution is -0.135. The van der Waals surface area contributed by atoms with Gasteiger partial charge in [-0.05, 0) is 30.2 Å². The van der Waals surface area contributed by atoms with Gasteiger partial charge in [-0.1, -0.05) is 55.2 Å². The number of hydrogen-bond acceptors (Lipinski definition) is 5. The van der Waals surface area contributed by atoms with Crippen LogP contribution in [0.25, 0.3) is 10.9 Å². The molecule has 1 fully saturated rings. The van der Waals surface area contributed by atoms with Crippen LogP contribution >= 0.6 is 23.2 Å². The molecule has 3 amide bonds. The average molecular weight is 558 g/mol. The van der Waals surface area contributed by atoms with Gasteiger partial charge in [-0.3, -0.25) is 14.4 Å². The van der Waals surface area contributed by atoms with Crippen LogP contribution in [0.2, 0.25) is 10.0 Å². The van der Waals surface area contributed by atoms with Crippen molar-refractivity contribution in [2.24, 2.45) is 11.0 Å². The van der Waals surface area contributed by atoms with Crippen molar-refractivity contribution in [3.8, 4) is 0 Å². The fraction of sp³-hybridized carbons (Fsp3) is 0.333. The first-order chi connectivity index (χ1) is 18.2. The summed E-state index contributed by atoms with van der Waals surface area (Å²) in [6.07, 6.45) is 3.37. The smallest absolute Gasteiger partial charge is 0.262 e. The zero-order chi connectivity index (χ0) is 27.2. The number of carbonyl (C=O) groups is 3. The number of hydrogen-bond donors (Lipinski definition) is 2. The number of nitrogens with one attached hydrogen (secondary N) is 2. The van der Waals surface area contributed by atoms with Crippen molar-refractivity contribution in [2.75, 3.05) is 26.3 Å². The van der Waals surface area contributed by atoms with E-state index in [4.69, 9.17) is 27.9 Å². The van der Waals surface area contributed by atoms with Crippen molar-refractivity contribution >= 4 is 58.0 Å². The highest BCUT2D eigenvalue weighted by atomic mass is 35.5. The van der Waals surface area contributed by atoms with Crippen LogP contribution in [0.15, 0.2) is 53.8 Å². The molecule has 4 rings (SSSR count). The molecular formula is C27H29Cl2N5O4. The van der Waals surface area contributed by atoms with Gasteiger partial charge in [0.05, 0.1) is 29.5 Å². The lowest BCUT2D eigenvalue weighted by Crippen LogP contribution is -2.48. The molecule has 1 aliphatic rings. The van der Waals surface area contributed by atoms with Crippen LogP contribution < -0.4 is 10.7 Å². The predicted octanol–water partition coefficient (Wildman–Crippen LogP) is 3.71. The predicted molar refractivity (Wildman–Crippen MR) is 148 cm³/mol. The van der Waals surface area contributed by atoms with E-state index in [2.05, 4.69) is 15.8 Å². The maximum absolute atomic E-state index is 12.9. The Bertz CT molecular complexity index is 1360. The van der Waals surface area contributed by atoms with E-state index in [1.165, 1.54) is 24.4 Å². The molecule has 1 aliphatic heterocycles. The molecular weight excluding hydrogens is 529 g/mol. The lowest BCUT2D eigenvalue weighted by Gasteiger charge is -2.27. The van der Waals surface area contributed by atoms with Crippen LogP contribution in [-0.2, 0) is 20.9 Å². The maximum atomic E-state index is 12.9. The fourth-order valence-electron chi connectivity index (χ4n) is 4.20. The highest BCUT2D eigenvalue weighted by Gasteiger charge is 2.25. The zero-order valence-electron chi connectivity index (χ0n) is 21.1. The number of nitrogens with zero attached hydrogens (tertiary/aromatic N) is 3. The number of rotatable bonds is 8. The standard InChI is InChI=1S/C27H29Cl2N5O4/c1-17(2)25(31-26(36)18-7-8-21(28)22(29)13-18)27(37)32-30-14-19-15-34(23-6-4-3-5-20(19)23)16-24(35)33-9-11-38-12-10-33/h3-8,13-15,17,25H,9-12,16H2,1-2H3,(H,31,36)(H,32,37). The van der Waals surface area contributed by atoms with Crippen molar-refractivity contribution < 1.29 is 19.1 Å². The molecule has 1 unspecified atom stereocenters. The third-order valence-corrected chi connectivity index (χ3v) is 7.02. The van der Waals surface area contributed by atoms with E-state index < -0.39 is 17.9 Å². The second kappa shape index (κ2) is 12.4. The molecule has 9 nitrogen and oxygen atoms in total. The Labute approximate surface area is 230 Å². The highest BCUT2D eigenvalue weighted by Crippen LogP contribution is 2.23. The fourth-order valence-corrected chi connectivity index (χ4v) is 4.50. The van der Waals surface area contributed by atoms with Crippen LogP contribution in [0, 0.1) is 5.92 Å². The molecule has 0 aliphatic carbocycles. The Morgan fingerprint density at radius 2 is 1.82 bits per heavy atom. The SMILES string of the molecule is CC(C)C(NC(=O)c1ccc(Cl)c(Cl)c1)C(=O)NN=Cc1cn(CC(=O)N2CCOCC2)c2ccccc12. The Kier molecular flexibility index (Phi) is 9.04. The van der Waals surface area contributed by atoms with Crippen molar-refractivity contribution in [2.45, 2.75) is 26.4 Å². The van der Waals surface area contributed by atoms with Gasteiger partial charge in [-0.25, -0.2) is 5.43 Å². The number of ether oxygens (including phenoxy) is 1. The monoisotopic (exact) mass is 557 g/mol. The number of halogens is 2. The third kappa shape index (κ3) is 6.53. The molecule has 1 atom stereocenters. The van der Waals surface area contributed by atoms with Gasteiger partial charge in [-0.2, -0.15) is 5.10 Å². The van der Waals surface area contributed by atoms with E-state index >= 15 is 0 Å². The van der Waals surface area contributed by atoms with Gasteiger partial charge in [0, 0.05) is 41.3 Å². The summed E-state index contributed by atoms with van der Waals surface area (Å²) in [6, 6.07) is 11.4. The van der Waals surface area contributed by atoms with Crippen molar-refractivity contribution in [3.63, 3.8) is 0 Å². The minimum Gasteiger partial charge on any atom is -0.378 e. The van der Waals surface area contributed by atoms with Gasteiger partial charge >= 0.3 is 0 Å². The molecule has 0 saturated carbocycles. The van der Waals surface area contributed by atoms with Gasteiger partial charge in [0.15, 0.2) is 0 Å². The van der Waals surface area contributed by atoms with E-state index in [-0.39, 0.29) is 23.4 Å². The number of aromatic nitrogens is 1. The first kappa shape index (κ1) is 27.6. The number of amides is 3. The summed E-state index contributed by atoms with van der Waals surface area (Å²) in [5.41, 5.74) is 4.45. The molecule has 11 heteroatoms. The van der Waals surface area contributed by atoms with Crippen molar-refractivity contribution in [3.05, 3.63) is 69.8 Å². The number of hydrazone groups is 1. The summed E-state index contributed by atoms with van der Waals surface area (Å²) >= 11 is 11.9. The summed E-state index contributed by atoms with van der Waals surface area (Å²) in [7, 11) is 0. The summed E-state index contributed by atoms with van der Waals surface area (Å²) < 4.78 is 7.22. The second-order valence-electron chi connectivity index (χ2n) is 9.28. The molecule has 0 radical (unpaired) electrons. The minimum absolute atomic E-state index is 0.0170. The zero-order valence-corrected chi connectivity index (χ0v) is 22.6. The summed E-state index contributed by atoms with van der Waals surface area (Å²) in [4.78, 5) is 40.2. The number of para-hydroxylation sites is 1. The van der Waals surface area contributed by atoms with Crippen LogP contribution in [0.1, 0.15) is 29.8 Å². The molecule has 200 valence electrons. The van der Waals surface area contributed by atoms with Gasteiger partial charge in [0.1, 0.15) is 12.6 Å². The Hall–Kier alpha value is -3.40. The molecule has 1 saturated heterocycles. The van der Waals surface area contributed by atoms with E-state index in [0.717, 1.165) is 16.5 Å². The number of carbonyl (C=O) groups excluding carboxylic acids is 3. The summed E-state index contributed by atoms with van der Waals surface area (Å²) in [5, 5.41) is 8.36. The second-order valence-corrected chi connectivity index (χ2v) is 10.1. The van der Waals surface area contributed by atoms with E-state index in [1.807, 2.05) is 48.9 Å². The summed E-state index contributed by atoms with van der Waals surface area (Å²) in [6.45, 7) is 6.08. The van der Waals surface area contributed by atoms with E-state index in [0.29, 0.717) is 36.9 Å². The molecule has 2 heterocycles. The van der Waals surface area contributed by atoms with Crippen LogP contribution in [0.4, 0.5) is 0 Å². The summed E-state index contributed by atoms with van der Waals surface area (Å²) in [5.74, 6) is -1.10. The van der Waals surface area contributed by atoms with Crippen LogP contribution in [0.3, 0.4) is 0 Å². The lowest BCUT2D eigenvalue weighted by atomic mass is 10.0. The van der Waals surface area contributed by atoms with E-state index in [9.17, 15) is 14.4 Å². The maximum Gasteiger partial charge on any atom is 0.262 e. The molecule has 0 bridgehead atoms. The van der Waals surface area contributed by atoms with Crippen LogP contribution in [0.5, 0.6) is 0 Å². The van der Waals surface area contributed by atoms with Gasteiger partial charge in [-0.15, -0.1) is 0 Å². The molecule has 1 aromatic heterocycles. The van der Waals surface area contributed by atoms with Gasteiger partial charge < -0.3 is 19.5 Å². The molecule has 38 heavy (non-hydrogen) atoms. The minimum atomic E-state index is -0.832. The molecule has 2 aromatic carbocycles. The third-order valence-electron chi connectivity index (χ3n) is 6.28.